The van der Waals surface area contributed by atoms with E-state index < -0.39 is 0 Å². The fourth-order valence-electron chi connectivity index (χ4n) is 2.33. The predicted octanol–water partition coefficient (Wildman–Crippen LogP) is 3.66. The van der Waals surface area contributed by atoms with E-state index in [1.807, 2.05) is 12.1 Å². The molecule has 26 heavy (non-hydrogen) atoms. The summed E-state index contributed by atoms with van der Waals surface area (Å²) in [5, 5.41) is 5.94. The lowest BCUT2D eigenvalue weighted by Gasteiger charge is -2.08. The molecule has 0 radical (unpaired) electrons. The maximum atomic E-state index is 12.3. The lowest BCUT2D eigenvalue weighted by atomic mass is 10.1. The molecule has 0 bridgehead atoms. The van der Waals surface area contributed by atoms with Gasteiger partial charge >= 0.3 is 0 Å². The summed E-state index contributed by atoms with van der Waals surface area (Å²) in [5.41, 5.74) is 3.39. The maximum absolute atomic E-state index is 12.3. The minimum atomic E-state index is -0.275. The van der Waals surface area contributed by atoms with Crippen molar-refractivity contribution >= 4 is 17.5 Å². The van der Waals surface area contributed by atoms with Crippen LogP contribution in [-0.4, -0.2) is 23.0 Å². The van der Waals surface area contributed by atoms with Crippen LogP contribution in [0, 0.1) is 6.92 Å². The first-order valence-electron chi connectivity index (χ1n) is 8.21. The van der Waals surface area contributed by atoms with E-state index in [0.29, 0.717) is 29.5 Å². The van der Waals surface area contributed by atoms with Gasteiger partial charge in [0.15, 0.2) is 0 Å². The number of aromatic nitrogens is 2. The number of nitrogens with zero attached hydrogens (tertiary/aromatic N) is 2. The fraction of sp³-hybridized carbons (Fsp3) is 0.150. The van der Waals surface area contributed by atoms with Gasteiger partial charge in [0, 0.05) is 30.7 Å². The van der Waals surface area contributed by atoms with Crippen LogP contribution in [0.1, 0.15) is 21.5 Å². The molecule has 0 spiro atoms. The number of ether oxygens (including phenoxy) is 1. The summed E-state index contributed by atoms with van der Waals surface area (Å²) in [6.45, 7) is 2.67. The van der Waals surface area contributed by atoms with E-state index in [0.717, 1.165) is 5.56 Å². The highest BCUT2D eigenvalue weighted by molar-refractivity contribution is 6.03. The summed E-state index contributed by atoms with van der Waals surface area (Å²) in [4.78, 5) is 20.7. The Labute approximate surface area is 152 Å². The van der Waals surface area contributed by atoms with Gasteiger partial charge in [0.2, 0.25) is 5.95 Å². The molecule has 0 fully saturated rings. The maximum Gasteiger partial charge on any atom is 0.258 e. The van der Waals surface area contributed by atoms with E-state index in [1.54, 1.807) is 19.2 Å². The minimum Gasteiger partial charge on any atom is -0.497 e. The predicted molar refractivity (Wildman–Crippen MR) is 101 cm³/mol. The molecule has 0 unspecified atom stereocenters. The molecule has 0 aliphatic carbocycles. The van der Waals surface area contributed by atoms with Crippen molar-refractivity contribution in [3.8, 4) is 5.75 Å². The zero-order valence-corrected chi connectivity index (χ0v) is 14.7. The molecule has 1 amide bonds. The molecule has 6 heteroatoms. The summed E-state index contributed by atoms with van der Waals surface area (Å²) in [6, 6.07) is 15.4. The van der Waals surface area contributed by atoms with E-state index >= 15 is 0 Å². The summed E-state index contributed by atoms with van der Waals surface area (Å²) < 4.78 is 5.14. The average molecular weight is 348 g/mol. The normalized spacial score (nSPS) is 10.2. The number of benzene rings is 2. The number of hydrogen-bond acceptors (Lipinski definition) is 5. The van der Waals surface area contributed by atoms with Crippen LogP contribution in [0.15, 0.2) is 60.9 Å². The third kappa shape index (κ3) is 4.57. The van der Waals surface area contributed by atoms with Gasteiger partial charge in [0.05, 0.1) is 12.7 Å². The summed E-state index contributed by atoms with van der Waals surface area (Å²) in [7, 11) is 1.58. The van der Waals surface area contributed by atoms with Gasteiger partial charge in [-0.15, -0.1) is 0 Å². The lowest BCUT2D eigenvalue weighted by Crippen LogP contribution is -2.13. The molecule has 0 aliphatic heterocycles. The molecule has 3 rings (SSSR count). The van der Waals surface area contributed by atoms with Crippen molar-refractivity contribution in [3.63, 3.8) is 0 Å². The first-order chi connectivity index (χ1) is 12.6. The molecule has 6 nitrogen and oxygen atoms in total. The number of anilines is 2. The van der Waals surface area contributed by atoms with Gasteiger partial charge in [-0.05, 0) is 24.6 Å². The smallest absolute Gasteiger partial charge is 0.258 e. The van der Waals surface area contributed by atoms with Crippen molar-refractivity contribution in [3.05, 3.63) is 77.6 Å². The monoisotopic (exact) mass is 348 g/mol. The number of amides is 1. The van der Waals surface area contributed by atoms with Crippen LogP contribution in [0.4, 0.5) is 11.6 Å². The molecular formula is C20H20N4O2. The number of nitrogens with one attached hydrogen (secondary N) is 2. The van der Waals surface area contributed by atoms with Crippen LogP contribution in [0.2, 0.25) is 0 Å². The molecule has 2 aromatic carbocycles. The Morgan fingerprint density at radius 3 is 2.50 bits per heavy atom. The summed E-state index contributed by atoms with van der Waals surface area (Å²) in [5.74, 6) is 0.876. The quantitative estimate of drug-likeness (QED) is 0.711. The highest BCUT2D eigenvalue weighted by atomic mass is 16.5. The second-order valence-corrected chi connectivity index (χ2v) is 5.82. The third-order valence-electron chi connectivity index (χ3n) is 3.81. The number of hydrogen-bond donors (Lipinski definition) is 2. The Kier molecular flexibility index (Phi) is 5.43. The number of carbonyl (C=O) groups excluding carboxylic acids is 1. The Balaban J connectivity index is 1.59. The second-order valence-electron chi connectivity index (χ2n) is 5.82. The van der Waals surface area contributed by atoms with Crippen molar-refractivity contribution in [1.82, 2.24) is 9.97 Å². The fourth-order valence-corrected chi connectivity index (χ4v) is 2.33. The molecule has 0 aliphatic rings. The molecule has 1 aromatic heterocycles. The van der Waals surface area contributed by atoms with Crippen LogP contribution in [-0.2, 0) is 6.54 Å². The topological polar surface area (TPSA) is 76.1 Å². The highest BCUT2D eigenvalue weighted by Gasteiger charge is 2.08. The average Bonchev–Trinajstić information content (AvgIpc) is 2.68. The zero-order chi connectivity index (χ0) is 18.4. The van der Waals surface area contributed by atoms with Crippen LogP contribution in [0.5, 0.6) is 5.75 Å². The zero-order valence-electron chi connectivity index (χ0n) is 14.7. The van der Waals surface area contributed by atoms with Gasteiger partial charge in [-0.2, -0.15) is 0 Å². The van der Waals surface area contributed by atoms with E-state index in [-0.39, 0.29) is 5.91 Å². The van der Waals surface area contributed by atoms with Crippen LogP contribution in [0.3, 0.4) is 0 Å². The first kappa shape index (κ1) is 17.4. The number of carbonyl (C=O) groups is 1. The van der Waals surface area contributed by atoms with Crippen LogP contribution >= 0.6 is 0 Å². The summed E-state index contributed by atoms with van der Waals surface area (Å²) in [6.07, 6.45) is 3.00. The van der Waals surface area contributed by atoms with Crippen LogP contribution < -0.4 is 15.4 Å². The molecule has 132 valence electrons. The first-order valence-corrected chi connectivity index (χ1v) is 8.21. The molecule has 3 aromatic rings. The van der Waals surface area contributed by atoms with E-state index in [2.05, 4.69) is 51.8 Å². The Morgan fingerprint density at radius 2 is 1.81 bits per heavy atom. The molecule has 0 saturated heterocycles. The van der Waals surface area contributed by atoms with Gasteiger partial charge < -0.3 is 15.4 Å². The van der Waals surface area contributed by atoms with Crippen molar-refractivity contribution < 1.29 is 9.53 Å². The number of aryl methyl sites for hydroxylation is 1. The third-order valence-corrected chi connectivity index (χ3v) is 3.81. The lowest BCUT2D eigenvalue weighted by molar-refractivity contribution is 0.102. The highest BCUT2D eigenvalue weighted by Crippen LogP contribution is 2.17. The Hall–Kier alpha value is -3.41. The minimum absolute atomic E-state index is 0.275. The standard InChI is InChI=1S/C20H20N4O2/c1-14-6-8-15(9-7-14)11-21-20-22-12-16(13-23-20)19(25)24-17-4-3-5-18(10-17)26-2/h3-10,12-13H,11H2,1-2H3,(H,24,25)(H,21,22,23). The van der Waals surface area contributed by atoms with Crippen molar-refractivity contribution in [1.29, 1.82) is 0 Å². The molecule has 2 N–H and O–H groups in total. The molecule has 1 heterocycles. The molecular weight excluding hydrogens is 328 g/mol. The van der Waals surface area contributed by atoms with Gasteiger partial charge in [-0.25, -0.2) is 9.97 Å². The van der Waals surface area contributed by atoms with E-state index in [4.69, 9.17) is 4.74 Å². The van der Waals surface area contributed by atoms with Crippen molar-refractivity contribution in [2.75, 3.05) is 17.7 Å². The Bertz CT molecular complexity index is 877. The van der Waals surface area contributed by atoms with Gasteiger partial charge in [-0.3, -0.25) is 4.79 Å². The molecule has 0 atom stereocenters. The van der Waals surface area contributed by atoms with Gasteiger partial charge in [0.25, 0.3) is 5.91 Å². The number of methoxy groups -OCH3 is 1. The van der Waals surface area contributed by atoms with E-state index in [1.165, 1.54) is 18.0 Å². The largest absolute Gasteiger partial charge is 0.497 e. The van der Waals surface area contributed by atoms with E-state index in [9.17, 15) is 4.79 Å². The molecule has 0 saturated carbocycles. The second kappa shape index (κ2) is 8.11. The van der Waals surface area contributed by atoms with Gasteiger partial charge in [0.1, 0.15) is 5.75 Å². The Morgan fingerprint density at radius 1 is 1.08 bits per heavy atom. The number of rotatable bonds is 6. The van der Waals surface area contributed by atoms with Crippen molar-refractivity contribution in [2.45, 2.75) is 13.5 Å². The van der Waals surface area contributed by atoms with Gasteiger partial charge in [-0.1, -0.05) is 35.9 Å². The van der Waals surface area contributed by atoms with Crippen LogP contribution in [0.25, 0.3) is 0 Å². The van der Waals surface area contributed by atoms with Crippen molar-refractivity contribution in [2.24, 2.45) is 0 Å². The summed E-state index contributed by atoms with van der Waals surface area (Å²) >= 11 is 0. The SMILES string of the molecule is COc1cccc(NC(=O)c2cnc(NCc3ccc(C)cc3)nc2)c1.